The van der Waals surface area contributed by atoms with E-state index in [0.717, 1.165) is 6.26 Å². The summed E-state index contributed by atoms with van der Waals surface area (Å²) in [5, 5.41) is 0. The highest BCUT2D eigenvalue weighted by Crippen LogP contribution is 2.24. The number of hydrogen-bond donors (Lipinski definition) is 1. The largest absolute Gasteiger partial charge is 0.497 e. The molecular weight excluding hydrogens is 359 g/mol. The van der Waals surface area contributed by atoms with Crippen LogP contribution in [-0.2, 0) is 14.8 Å². The highest BCUT2D eigenvalue weighted by Gasteiger charge is 2.22. The van der Waals surface area contributed by atoms with E-state index in [-0.39, 0.29) is 12.3 Å². The minimum Gasteiger partial charge on any atom is -0.497 e. The van der Waals surface area contributed by atoms with E-state index in [2.05, 4.69) is 4.72 Å². The number of benzene rings is 2. The fraction of sp³-hybridized carbons (Fsp3) is 0.278. The third-order valence-corrected chi connectivity index (χ3v) is 4.53. The molecule has 8 heteroatoms. The van der Waals surface area contributed by atoms with Gasteiger partial charge in [0, 0.05) is 25.2 Å². The summed E-state index contributed by atoms with van der Waals surface area (Å²) in [4.78, 5) is 14.1. The Morgan fingerprint density at radius 3 is 2.46 bits per heavy atom. The lowest BCUT2D eigenvalue weighted by Crippen LogP contribution is -2.34. The van der Waals surface area contributed by atoms with Gasteiger partial charge in [-0.1, -0.05) is 18.2 Å². The SMILES string of the molecule is COc1cccc(N(C)C(=O)C[C@H](NS(C)(=O)=O)c2ccc(F)cc2)c1. The molecule has 2 rings (SSSR count). The zero-order valence-electron chi connectivity index (χ0n) is 14.8. The molecule has 0 fully saturated rings. The van der Waals surface area contributed by atoms with E-state index in [9.17, 15) is 17.6 Å². The van der Waals surface area contributed by atoms with Crippen LogP contribution in [0.15, 0.2) is 48.5 Å². The molecule has 0 aliphatic heterocycles. The van der Waals surface area contributed by atoms with Gasteiger partial charge in [0.1, 0.15) is 11.6 Å². The highest BCUT2D eigenvalue weighted by molar-refractivity contribution is 7.88. The number of nitrogens with one attached hydrogen (secondary N) is 1. The summed E-state index contributed by atoms with van der Waals surface area (Å²) < 4.78 is 44.0. The van der Waals surface area contributed by atoms with Crippen LogP contribution in [0.4, 0.5) is 10.1 Å². The number of sulfonamides is 1. The minimum absolute atomic E-state index is 0.119. The Bertz CT molecular complexity index is 869. The first-order chi connectivity index (χ1) is 12.2. The minimum atomic E-state index is -3.56. The van der Waals surface area contributed by atoms with Crippen molar-refractivity contribution in [2.75, 3.05) is 25.3 Å². The lowest BCUT2D eigenvalue weighted by molar-refractivity contribution is -0.118. The number of halogens is 1. The van der Waals surface area contributed by atoms with E-state index in [0.29, 0.717) is 17.0 Å². The van der Waals surface area contributed by atoms with Crippen LogP contribution in [0.1, 0.15) is 18.0 Å². The van der Waals surface area contributed by atoms with E-state index in [1.54, 1.807) is 31.3 Å². The third-order valence-electron chi connectivity index (χ3n) is 3.82. The van der Waals surface area contributed by atoms with Crippen molar-refractivity contribution in [2.24, 2.45) is 0 Å². The van der Waals surface area contributed by atoms with Gasteiger partial charge < -0.3 is 9.64 Å². The number of ether oxygens (including phenoxy) is 1. The molecule has 0 aliphatic rings. The second-order valence-electron chi connectivity index (χ2n) is 5.85. The molecule has 0 aliphatic carbocycles. The fourth-order valence-corrected chi connectivity index (χ4v) is 3.19. The number of hydrogen-bond acceptors (Lipinski definition) is 4. The fourth-order valence-electron chi connectivity index (χ4n) is 2.46. The van der Waals surface area contributed by atoms with Crippen molar-refractivity contribution in [1.82, 2.24) is 4.72 Å². The Morgan fingerprint density at radius 2 is 1.88 bits per heavy atom. The van der Waals surface area contributed by atoms with Gasteiger partial charge in [0.2, 0.25) is 15.9 Å². The molecule has 2 aromatic rings. The second kappa shape index (κ2) is 8.29. The van der Waals surface area contributed by atoms with E-state index >= 15 is 0 Å². The van der Waals surface area contributed by atoms with Gasteiger partial charge in [0.25, 0.3) is 0 Å². The van der Waals surface area contributed by atoms with Gasteiger partial charge in [-0.3, -0.25) is 4.79 Å². The van der Waals surface area contributed by atoms with E-state index in [1.165, 1.54) is 36.3 Å². The number of carbonyl (C=O) groups is 1. The zero-order chi connectivity index (χ0) is 19.3. The van der Waals surface area contributed by atoms with Crippen LogP contribution in [0, 0.1) is 5.82 Å². The quantitative estimate of drug-likeness (QED) is 0.801. The molecule has 0 aromatic heterocycles. The molecule has 0 saturated carbocycles. The molecule has 26 heavy (non-hydrogen) atoms. The van der Waals surface area contributed by atoms with Crippen molar-refractivity contribution in [3.8, 4) is 5.75 Å². The van der Waals surface area contributed by atoms with Crippen LogP contribution in [0.2, 0.25) is 0 Å². The first-order valence-corrected chi connectivity index (χ1v) is 9.72. The predicted octanol–water partition coefficient (Wildman–Crippen LogP) is 2.48. The van der Waals surface area contributed by atoms with Crippen molar-refractivity contribution in [3.63, 3.8) is 0 Å². The van der Waals surface area contributed by atoms with Crippen LogP contribution >= 0.6 is 0 Å². The number of nitrogens with zero attached hydrogens (tertiary/aromatic N) is 1. The van der Waals surface area contributed by atoms with Crippen molar-refractivity contribution >= 4 is 21.6 Å². The van der Waals surface area contributed by atoms with Crippen molar-refractivity contribution < 1.29 is 22.3 Å². The number of carbonyl (C=O) groups excluding carboxylic acids is 1. The van der Waals surface area contributed by atoms with E-state index < -0.39 is 21.9 Å². The Balaban J connectivity index is 2.23. The number of anilines is 1. The van der Waals surface area contributed by atoms with Crippen molar-refractivity contribution in [3.05, 3.63) is 59.9 Å². The molecule has 140 valence electrons. The molecule has 0 unspecified atom stereocenters. The van der Waals surface area contributed by atoms with E-state index in [4.69, 9.17) is 4.74 Å². The van der Waals surface area contributed by atoms with Crippen molar-refractivity contribution in [1.29, 1.82) is 0 Å². The monoisotopic (exact) mass is 380 g/mol. The van der Waals surface area contributed by atoms with Gasteiger partial charge >= 0.3 is 0 Å². The first-order valence-electron chi connectivity index (χ1n) is 7.83. The standard InChI is InChI=1S/C18H21FN2O4S/c1-21(15-5-4-6-16(11-15)25-2)18(22)12-17(20-26(3,23)24)13-7-9-14(19)10-8-13/h4-11,17,20H,12H2,1-3H3/t17-/m0/s1. The maximum Gasteiger partial charge on any atom is 0.228 e. The smallest absolute Gasteiger partial charge is 0.228 e. The Kier molecular flexibility index (Phi) is 6.33. The molecule has 6 nitrogen and oxygen atoms in total. The second-order valence-corrected chi connectivity index (χ2v) is 7.63. The van der Waals surface area contributed by atoms with Gasteiger partial charge in [-0.15, -0.1) is 0 Å². The number of methoxy groups -OCH3 is 1. The number of rotatable bonds is 7. The maximum absolute atomic E-state index is 13.1. The molecule has 0 heterocycles. The zero-order valence-corrected chi connectivity index (χ0v) is 15.6. The molecule has 0 radical (unpaired) electrons. The molecule has 2 aromatic carbocycles. The summed E-state index contributed by atoms with van der Waals surface area (Å²) in [6, 6.07) is 11.5. The molecule has 1 N–H and O–H groups in total. The third kappa shape index (κ3) is 5.53. The van der Waals surface area contributed by atoms with Crippen LogP contribution in [0.3, 0.4) is 0 Å². The van der Waals surface area contributed by atoms with Crippen LogP contribution in [0.25, 0.3) is 0 Å². The summed E-state index contributed by atoms with van der Waals surface area (Å²) >= 11 is 0. The summed E-state index contributed by atoms with van der Waals surface area (Å²) in [5.41, 5.74) is 1.12. The van der Waals surface area contributed by atoms with Crippen molar-refractivity contribution in [2.45, 2.75) is 12.5 Å². The predicted molar refractivity (Wildman–Crippen MR) is 98.1 cm³/mol. The summed E-state index contributed by atoms with van der Waals surface area (Å²) in [5.74, 6) is -0.137. The lowest BCUT2D eigenvalue weighted by atomic mass is 10.0. The molecular formula is C18H21FN2O4S. The topological polar surface area (TPSA) is 75.7 Å². The van der Waals surface area contributed by atoms with E-state index in [1.807, 2.05) is 0 Å². The summed E-state index contributed by atoms with van der Waals surface area (Å²) in [6.45, 7) is 0. The van der Waals surface area contributed by atoms with Gasteiger partial charge in [-0.05, 0) is 29.8 Å². The van der Waals surface area contributed by atoms with Gasteiger partial charge in [-0.25, -0.2) is 17.5 Å². The van der Waals surface area contributed by atoms with Crippen LogP contribution < -0.4 is 14.4 Å². The first kappa shape index (κ1) is 19.9. The Hall–Kier alpha value is -2.45. The molecule has 1 atom stereocenters. The molecule has 0 spiro atoms. The Morgan fingerprint density at radius 1 is 1.23 bits per heavy atom. The van der Waals surface area contributed by atoms with Crippen LogP contribution in [0.5, 0.6) is 5.75 Å². The number of amides is 1. The average molecular weight is 380 g/mol. The van der Waals surface area contributed by atoms with Crippen LogP contribution in [-0.4, -0.2) is 34.7 Å². The molecule has 1 amide bonds. The Labute approximate surface area is 152 Å². The van der Waals surface area contributed by atoms with Gasteiger partial charge in [0.05, 0.1) is 19.4 Å². The van der Waals surface area contributed by atoms with Gasteiger partial charge in [0.15, 0.2) is 0 Å². The average Bonchev–Trinajstić information content (AvgIpc) is 2.60. The van der Waals surface area contributed by atoms with Gasteiger partial charge in [-0.2, -0.15) is 0 Å². The molecule has 0 bridgehead atoms. The lowest BCUT2D eigenvalue weighted by Gasteiger charge is -2.22. The molecule has 0 saturated heterocycles. The highest BCUT2D eigenvalue weighted by atomic mass is 32.2. The summed E-state index contributed by atoms with van der Waals surface area (Å²) in [7, 11) is -0.437. The summed E-state index contributed by atoms with van der Waals surface area (Å²) in [6.07, 6.45) is 0.895. The normalized spacial score (nSPS) is 12.5. The maximum atomic E-state index is 13.1.